The normalized spacial score (nSPS) is 16.9. The minimum atomic E-state index is -0.441. The zero-order valence-corrected chi connectivity index (χ0v) is 18.6. The molecule has 7 heteroatoms. The zero-order chi connectivity index (χ0) is 23.6. The van der Waals surface area contributed by atoms with Crippen LogP contribution in [-0.4, -0.2) is 38.4 Å². The fraction of sp³-hybridized carbons (Fsp3) is 0.458. The molecule has 1 aromatic carbocycles. The first kappa shape index (κ1) is 28.3. The molecule has 1 aliphatic heterocycles. The van der Waals surface area contributed by atoms with Crippen molar-refractivity contribution in [3.8, 4) is 17.0 Å². The molecule has 1 saturated heterocycles. The van der Waals surface area contributed by atoms with Crippen LogP contribution in [0.5, 0.6) is 5.75 Å². The van der Waals surface area contributed by atoms with Crippen LogP contribution >= 0.6 is 0 Å². The van der Waals surface area contributed by atoms with Gasteiger partial charge in [0.05, 0.1) is 25.1 Å². The molecule has 1 aliphatic rings. The van der Waals surface area contributed by atoms with Crippen molar-refractivity contribution in [1.29, 1.82) is 0 Å². The Labute approximate surface area is 183 Å². The van der Waals surface area contributed by atoms with Crippen LogP contribution in [0.4, 0.5) is 8.78 Å². The van der Waals surface area contributed by atoms with Crippen LogP contribution in [0.2, 0.25) is 0 Å². The summed E-state index contributed by atoms with van der Waals surface area (Å²) in [5, 5.41) is 0. The summed E-state index contributed by atoms with van der Waals surface area (Å²) in [6.45, 7) is 12.3. The summed E-state index contributed by atoms with van der Waals surface area (Å²) in [6.07, 6.45) is 4.48. The molecule has 3 rings (SSSR count). The van der Waals surface area contributed by atoms with Crippen molar-refractivity contribution in [2.24, 2.45) is 11.8 Å². The quantitative estimate of drug-likeness (QED) is 0.617. The van der Waals surface area contributed by atoms with E-state index in [1.54, 1.807) is 12.1 Å². The molecule has 5 nitrogen and oxygen atoms in total. The molecular weight excluding hydrogens is 404 g/mol. The molecule has 2 aromatic rings. The summed E-state index contributed by atoms with van der Waals surface area (Å²) < 4.78 is 38.4. The van der Waals surface area contributed by atoms with Gasteiger partial charge in [-0.2, -0.15) is 0 Å². The highest BCUT2D eigenvalue weighted by molar-refractivity contribution is 5.60. The molecule has 0 bridgehead atoms. The molecule has 1 unspecified atom stereocenters. The van der Waals surface area contributed by atoms with Crippen molar-refractivity contribution < 1.29 is 27.8 Å². The molecule has 0 N–H and O–H groups in total. The topological polar surface area (TPSA) is 65.5 Å². The van der Waals surface area contributed by atoms with Gasteiger partial charge in [-0.05, 0) is 42.7 Å². The summed E-state index contributed by atoms with van der Waals surface area (Å²) >= 11 is 0. The number of hydrogen-bond acceptors (Lipinski definition) is 5. The van der Waals surface area contributed by atoms with E-state index in [0.717, 1.165) is 25.6 Å². The number of ether oxygens (including phenoxy) is 2. The highest BCUT2D eigenvalue weighted by Crippen LogP contribution is 2.28. The van der Waals surface area contributed by atoms with Gasteiger partial charge in [-0.1, -0.05) is 33.6 Å². The lowest BCUT2D eigenvalue weighted by atomic mass is 9.87. The van der Waals surface area contributed by atoms with E-state index >= 15 is 0 Å². The first-order valence-corrected chi connectivity index (χ1v) is 10.3. The average Bonchev–Trinajstić information content (AvgIpc) is 2.82. The number of aromatic nitrogens is 1. The summed E-state index contributed by atoms with van der Waals surface area (Å²) in [5.74, 6) is 0.218. The molecule has 0 amide bonds. The predicted octanol–water partition coefficient (Wildman–Crippen LogP) is 5.51. The largest absolute Gasteiger partial charge is 0.490 e. The fourth-order valence-corrected chi connectivity index (χ4v) is 3.08. The third-order valence-electron chi connectivity index (χ3n) is 4.56. The van der Waals surface area contributed by atoms with Gasteiger partial charge in [0.2, 0.25) is 0 Å². The monoisotopic (exact) mass is 437 g/mol. The predicted molar refractivity (Wildman–Crippen MR) is 118 cm³/mol. The molecule has 2 heterocycles. The van der Waals surface area contributed by atoms with E-state index in [4.69, 9.17) is 19.1 Å². The molecule has 172 valence electrons. The van der Waals surface area contributed by atoms with Gasteiger partial charge in [0.25, 0.3) is 0 Å². The third kappa shape index (κ3) is 9.79. The number of halogens is 2. The number of carbonyl (C=O) groups excluding carboxylic acids is 2. The van der Waals surface area contributed by atoms with Crippen LogP contribution in [0.15, 0.2) is 36.5 Å². The van der Waals surface area contributed by atoms with E-state index in [9.17, 15) is 8.78 Å². The van der Waals surface area contributed by atoms with Crippen molar-refractivity contribution in [2.45, 2.75) is 40.0 Å². The highest BCUT2D eigenvalue weighted by atomic mass is 19.1. The second-order valence-electron chi connectivity index (χ2n) is 6.82. The molecule has 1 aromatic heterocycles. The Hall–Kier alpha value is -2.67. The Morgan fingerprint density at radius 1 is 1.06 bits per heavy atom. The lowest BCUT2D eigenvalue weighted by molar-refractivity contribution is -0.0987. The maximum absolute atomic E-state index is 14.3. The van der Waals surface area contributed by atoms with Crippen LogP contribution in [0.1, 0.15) is 40.0 Å². The SMILES string of the molecule is C=O.C=O.CCC.CCC1CCOC[C@@H]1COc1ccc(-c2ccc(F)cn2)cc1F. The molecule has 0 aliphatic carbocycles. The minimum Gasteiger partial charge on any atom is -0.490 e. The Morgan fingerprint density at radius 3 is 2.29 bits per heavy atom. The van der Waals surface area contributed by atoms with Crippen molar-refractivity contribution in [2.75, 3.05) is 19.8 Å². The van der Waals surface area contributed by atoms with Crippen molar-refractivity contribution in [1.82, 2.24) is 4.98 Å². The standard InChI is InChI=1S/C19H21F2NO2.C3H8.2CH2O/c1-2-13-7-8-23-11-15(13)12-24-19-6-3-14(9-17(19)21)18-5-4-16(20)10-22-18;1-3-2;2*1-2/h3-6,9-10,13,15H,2,7-8,11-12H2,1H3;3H2,1-2H3;2*1H2/t13?,15-;;;/m1.../s1. The van der Waals surface area contributed by atoms with Gasteiger partial charge < -0.3 is 19.1 Å². The van der Waals surface area contributed by atoms with Gasteiger partial charge in [0.15, 0.2) is 11.6 Å². The van der Waals surface area contributed by atoms with Crippen molar-refractivity contribution in [3.63, 3.8) is 0 Å². The van der Waals surface area contributed by atoms with Crippen molar-refractivity contribution in [3.05, 3.63) is 48.2 Å². The van der Waals surface area contributed by atoms with Gasteiger partial charge in [-0.15, -0.1) is 0 Å². The number of hydrogen-bond donors (Lipinski definition) is 0. The maximum Gasteiger partial charge on any atom is 0.165 e. The first-order chi connectivity index (χ1) is 15.1. The molecule has 0 radical (unpaired) electrons. The van der Waals surface area contributed by atoms with E-state index in [2.05, 4.69) is 25.8 Å². The van der Waals surface area contributed by atoms with Gasteiger partial charge in [-0.3, -0.25) is 4.98 Å². The van der Waals surface area contributed by atoms with Crippen LogP contribution in [0.3, 0.4) is 0 Å². The van der Waals surface area contributed by atoms with Crippen LogP contribution in [0.25, 0.3) is 11.3 Å². The second-order valence-corrected chi connectivity index (χ2v) is 6.82. The molecule has 31 heavy (non-hydrogen) atoms. The smallest absolute Gasteiger partial charge is 0.165 e. The van der Waals surface area contributed by atoms with E-state index in [1.807, 2.05) is 13.6 Å². The minimum absolute atomic E-state index is 0.223. The molecule has 0 saturated carbocycles. The Kier molecular flexibility index (Phi) is 15.6. The van der Waals surface area contributed by atoms with Crippen LogP contribution < -0.4 is 4.74 Å². The van der Waals surface area contributed by atoms with Gasteiger partial charge in [-0.25, -0.2) is 8.78 Å². The number of rotatable bonds is 5. The van der Waals surface area contributed by atoms with Crippen molar-refractivity contribution >= 4 is 13.6 Å². The van der Waals surface area contributed by atoms with Gasteiger partial charge >= 0.3 is 0 Å². The number of nitrogens with zero attached hydrogens (tertiary/aromatic N) is 1. The summed E-state index contributed by atoms with van der Waals surface area (Å²) in [4.78, 5) is 20.0. The Balaban J connectivity index is 0.00000116. The Morgan fingerprint density at radius 2 is 1.74 bits per heavy atom. The zero-order valence-electron chi connectivity index (χ0n) is 18.6. The summed E-state index contributed by atoms with van der Waals surface area (Å²) in [5.41, 5.74) is 1.11. The highest BCUT2D eigenvalue weighted by Gasteiger charge is 2.25. The lowest BCUT2D eigenvalue weighted by Crippen LogP contribution is -2.31. The summed E-state index contributed by atoms with van der Waals surface area (Å²) in [7, 11) is 0. The maximum atomic E-state index is 14.3. The van der Waals surface area contributed by atoms with Gasteiger partial charge in [0.1, 0.15) is 19.4 Å². The molecule has 0 spiro atoms. The molecule has 1 fully saturated rings. The van der Waals surface area contributed by atoms with E-state index in [-0.39, 0.29) is 5.75 Å². The molecule has 2 atom stereocenters. The summed E-state index contributed by atoms with van der Waals surface area (Å²) in [6, 6.07) is 7.52. The van der Waals surface area contributed by atoms with Crippen LogP contribution in [-0.2, 0) is 14.3 Å². The average molecular weight is 438 g/mol. The van der Waals surface area contributed by atoms with E-state index < -0.39 is 11.6 Å². The third-order valence-corrected chi connectivity index (χ3v) is 4.56. The first-order valence-electron chi connectivity index (χ1n) is 10.3. The van der Waals surface area contributed by atoms with Crippen LogP contribution in [0, 0.1) is 23.5 Å². The van der Waals surface area contributed by atoms with E-state index in [1.165, 1.54) is 24.6 Å². The number of carbonyl (C=O) groups is 2. The Bertz CT molecular complexity index is 726. The van der Waals surface area contributed by atoms with Gasteiger partial charge in [0, 0.05) is 18.1 Å². The lowest BCUT2D eigenvalue weighted by Gasteiger charge is -2.30. The van der Waals surface area contributed by atoms with E-state index in [0.29, 0.717) is 36.3 Å². The molecular formula is C24H33F2NO4. The fourth-order valence-electron chi connectivity index (χ4n) is 3.08. The second kappa shape index (κ2) is 17.1. The number of benzene rings is 1. The number of pyridine rings is 1.